The first-order valence-electron chi connectivity index (χ1n) is 3.53. The molecule has 0 bridgehead atoms. The normalized spacial score (nSPS) is 9.85. The Morgan fingerprint density at radius 1 is 1.62 bits per heavy atom. The molecular formula is C8H8BrFN2O. The highest BCUT2D eigenvalue weighted by Gasteiger charge is 2.13. The van der Waals surface area contributed by atoms with E-state index in [0.29, 0.717) is 10.0 Å². The molecule has 0 aliphatic heterocycles. The highest BCUT2D eigenvalue weighted by molar-refractivity contribution is 9.10. The molecule has 0 radical (unpaired) electrons. The topological polar surface area (TPSA) is 55.1 Å². The summed E-state index contributed by atoms with van der Waals surface area (Å²) in [6.45, 7) is 1.58. The third-order valence-corrected chi connectivity index (χ3v) is 2.05. The number of halogens is 2. The first-order chi connectivity index (χ1) is 6.06. The third kappa shape index (κ3) is 2.05. The second kappa shape index (κ2) is 3.85. The quantitative estimate of drug-likeness (QED) is 0.449. The van der Waals surface area contributed by atoms with Gasteiger partial charge in [-0.05, 0) is 24.6 Å². The van der Waals surface area contributed by atoms with Crippen LogP contribution in [0.15, 0.2) is 16.6 Å². The summed E-state index contributed by atoms with van der Waals surface area (Å²) >= 11 is 3.16. The van der Waals surface area contributed by atoms with E-state index in [2.05, 4.69) is 15.9 Å². The van der Waals surface area contributed by atoms with Crippen LogP contribution in [-0.4, -0.2) is 5.91 Å². The Kier molecular flexibility index (Phi) is 3.00. The van der Waals surface area contributed by atoms with Gasteiger partial charge in [0.15, 0.2) is 0 Å². The van der Waals surface area contributed by atoms with Crippen LogP contribution in [0.2, 0.25) is 0 Å². The number of rotatable bonds is 1. The molecule has 0 saturated carbocycles. The number of carbonyl (C=O) groups is 1. The highest BCUT2D eigenvalue weighted by Crippen LogP contribution is 2.19. The second-order valence-corrected chi connectivity index (χ2v) is 3.47. The summed E-state index contributed by atoms with van der Waals surface area (Å²) < 4.78 is 13.9. The van der Waals surface area contributed by atoms with E-state index >= 15 is 0 Å². The van der Waals surface area contributed by atoms with Gasteiger partial charge in [-0.15, -0.1) is 0 Å². The van der Waals surface area contributed by atoms with E-state index < -0.39 is 11.7 Å². The zero-order valence-corrected chi connectivity index (χ0v) is 8.48. The molecule has 13 heavy (non-hydrogen) atoms. The van der Waals surface area contributed by atoms with Gasteiger partial charge in [0, 0.05) is 4.47 Å². The van der Waals surface area contributed by atoms with Crippen LogP contribution in [0.25, 0.3) is 0 Å². The van der Waals surface area contributed by atoms with Crippen molar-refractivity contribution in [1.82, 2.24) is 5.43 Å². The maximum atomic E-state index is 13.3. The van der Waals surface area contributed by atoms with E-state index in [4.69, 9.17) is 5.84 Å². The van der Waals surface area contributed by atoms with Crippen LogP contribution < -0.4 is 11.3 Å². The number of hydrogen-bond acceptors (Lipinski definition) is 2. The number of amides is 1. The molecule has 0 aliphatic rings. The molecule has 0 aliphatic carbocycles. The summed E-state index contributed by atoms with van der Waals surface area (Å²) in [6.07, 6.45) is 0. The number of nitrogens with one attached hydrogen (secondary N) is 1. The van der Waals surface area contributed by atoms with Crippen molar-refractivity contribution < 1.29 is 9.18 Å². The molecule has 0 heterocycles. The zero-order chi connectivity index (χ0) is 10.0. The lowest BCUT2D eigenvalue weighted by molar-refractivity contribution is 0.0949. The molecular weight excluding hydrogens is 239 g/mol. The van der Waals surface area contributed by atoms with Gasteiger partial charge in [-0.3, -0.25) is 10.2 Å². The average molecular weight is 247 g/mol. The summed E-state index contributed by atoms with van der Waals surface area (Å²) in [5.41, 5.74) is 2.21. The average Bonchev–Trinajstić information content (AvgIpc) is 2.10. The Balaban J connectivity index is 3.28. The molecule has 1 aromatic carbocycles. The molecule has 1 rings (SSSR count). The first-order valence-corrected chi connectivity index (χ1v) is 4.32. The molecule has 1 amide bonds. The summed E-state index contributed by atoms with van der Waals surface area (Å²) in [5.74, 6) is 3.70. The van der Waals surface area contributed by atoms with Crippen LogP contribution in [0.5, 0.6) is 0 Å². The van der Waals surface area contributed by atoms with Gasteiger partial charge < -0.3 is 0 Å². The number of hydrogen-bond donors (Lipinski definition) is 2. The molecule has 3 N–H and O–H groups in total. The van der Waals surface area contributed by atoms with Gasteiger partial charge in [-0.2, -0.15) is 0 Å². The Bertz CT molecular complexity index is 354. The van der Waals surface area contributed by atoms with Crippen molar-refractivity contribution in [2.75, 3.05) is 0 Å². The lowest BCUT2D eigenvalue weighted by Gasteiger charge is -2.04. The van der Waals surface area contributed by atoms with E-state index in [1.165, 1.54) is 6.07 Å². The SMILES string of the molecule is Cc1cc(Br)cc(C(=O)NN)c1F. The van der Waals surface area contributed by atoms with Gasteiger partial charge in [0.1, 0.15) is 5.82 Å². The predicted molar refractivity (Wildman–Crippen MR) is 50.5 cm³/mol. The summed E-state index contributed by atoms with van der Waals surface area (Å²) in [5, 5.41) is 0. The summed E-state index contributed by atoms with van der Waals surface area (Å²) in [4.78, 5) is 11.0. The van der Waals surface area contributed by atoms with E-state index in [9.17, 15) is 9.18 Å². The predicted octanol–water partition coefficient (Wildman–Crippen LogP) is 1.50. The van der Waals surface area contributed by atoms with Crippen molar-refractivity contribution in [3.8, 4) is 0 Å². The van der Waals surface area contributed by atoms with Crippen molar-refractivity contribution in [1.29, 1.82) is 0 Å². The summed E-state index contributed by atoms with van der Waals surface area (Å²) in [7, 11) is 0. The van der Waals surface area contributed by atoms with Gasteiger partial charge >= 0.3 is 0 Å². The minimum Gasteiger partial charge on any atom is -0.290 e. The monoisotopic (exact) mass is 246 g/mol. The van der Waals surface area contributed by atoms with Crippen molar-refractivity contribution in [2.24, 2.45) is 5.84 Å². The molecule has 0 fully saturated rings. The lowest BCUT2D eigenvalue weighted by Crippen LogP contribution is -2.30. The Morgan fingerprint density at radius 3 is 2.77 bits per heavy atom. The van der Waals surface area contributed by atoms with Crippen molar-refractivity contribution in [3.05, 3.63) is 33.5 Å². The molecule has 0 spiro atoms. The van der Waals surface area contributed by atoms with Crippen LogP contribution in [0.4, 0.5) is 4.39 Å². The number of aryl methyl sites for hydroxylation is 1. The molecule has 70 valence electrons. The fourth-order valence-electron chi connectivity index (χ4n) is 0.969. The van der Waals surface area contributed by atoms with Crippen LogP contribution in [0.1, 0.15) is 15.9 Å². The van der Waals surface area contributed by atoms with E-state index in [1.54, 1.807) is 13.0 Å². The van der Waals surface area contributed by atoms with Crippen molar-refractivity contribution >= 4 is 21.8 Å². The Hall–Kier alpha value is -0.940. The minimum atomic E-state index is -0.637. The van der Waals surface area contributed by atoms with Crippen molar-refractivity contribution in [2.45, 2.75) is 6.92 Å². The third-order valence-electron chi connectivity index (χ3n) is 1.60. The molecule has 3 nitrogen and oxygen atoms in total. The number of nitrogens with two attached hydrogens (primary N) is 1. The molecule has 1 aromatic rings. The molecule has 5 heteroatoms. The van der Waals surface area contributed by atoms with Gasteiger partial charge in [-0.25, -0.2) is 10.2 Å². The van der Waals surface area contributed by atoms with Crippen molar-refractivity contribution in [3.63, 3.8) is 0 Å². The molecule has 0 saturated heterocycles. The smallest absolute Gasteiger partial charge is 0.268 e. The number of nitrogen functional groups attached to an aromatic ring is 1. The number of benzene rings is 1. The standard InChI is InChI=1S/C8H8BrFN2O/c1-4-2-5(9)3-6(7(4)10)8(13)12-11/h2-3H,11H2,1H3,(H,12,13). The van der Waals surface area contributed by atoms with Gasteiger partial charge in [0.25, 0.3) is 5.91 Å². The fourth-order valence-corrected chi connectivity index (χ4v) is 1.54. The zero-order valence-electron chi connectivity index (χ0n) is 6.90. The molecule has 0 atom stereocenters. The maximum absolute atomic E-state index is 13.3. The van der Waals surface area contributed by atoms with E-state index in [-0.39, 0.29) is 5.56 Å². The number of hydrazine groups is 1. The van der Waals surface area contributed by atoms with E-state index in [0.717, 1.165) is 0 Å². The lowest BCUT2D eigenvalue weighted by atomic mass is 10.1. The van der Waals surface area contributed by atoms with Crippen LogP contribution >= 0.6 is 15.9 Å². The fraction of sp³-hybridized carbons (Fsp3) is 0.125. The summed E-state index contributed by atoms with van der Waals surface area (Å²) in [6, 6.07) is 2.97. The second-order valence-electron chi connectivity index (χ2n) is 2.56. The Morgan fingerprint density at radius 2 is 2.23 bits per heavy atom. The maximum Gasteiger partial charge on any atom is 0.268 e. The largest absolute Gasteiger partial charge is 0.290 e. The van der Waals surface area contributed by atoms with Gasteiger partial charge in [0.2, 0.25) is 0 Å². The van der Waals surface area contributed by atoms with Crippen LogP contribution in [0.3, 0.4) is 0 Å². The highest BCUT2D eigenvalue weighted by atomic mass is 79.9. The van der Waals surface area contributed by atoms with Gasteiger partial charge in [0.05, 0.1) is 5.56 Å². The minimum absolute atomic E-state index is 0.0608. The molecule has 0 aromatic heterocycles. The number of carbonyl (C=O) groups excluding carboxylic acids is 1. The van der Waals surface area contributed by atoms with Gasteiger partial charge in [-0.1, -0.05) is 15.9 Å². The van der Waals surface area contributed by atoms with Crippen LogP contribution in [0, 0.1) is 12.7 Å². The van der Waals surface area contributed by atoms with E-state index in [1.807, 2.05) is 5.43 Å². The Labute approximate surface area is 83.2 Å². The first kappa shape index (κ1) is 10.1. The molecule has 0 unspecified atom stereocenters. The van der Waals surface area contributed by atoms with Crippen LogP contribution in [-0.2, 0) is 0 Å².